The van der Waals surface area contributed by atoms with Crippen molar-refractivity contribution in [3.05, 3.63) is 56.1 Å². The average molecular weight is 479 g/mol. The molecule has 0 aromatic carbocycles. The minimum atomic E-state index is -1.26. The smallest absolute Gasteiger partial charge is 0.352 e. The van der Waals surface area contributed by atoms with Gasteiger partial charge in [-0.2, -0.15) is 0 Å². The second-order valence-electron chi connectivity index (χ2n) is 6.90. The number of thioether (sulfide) groups is 1. The van der Waals surface area contributed by atoms with Gasteiger partial charge in [0.2, 0.25) is 5.91 Å². The highest BCUT2D eigenvalue weighted by atomic mass is 32.2. The Bertz CT molecular complexity index is 1010. The third kappa shape index (κ3) is 4.12. The molecule has 0 saturated carbocycles. The molecule has 31 heavy (non-hydrogen) atoms. The van der Waals surface area contributed by atoms with Gasteiger partial charge < -0.3 is 15.2 Å². The molecule has 0 radical (unpaired) electrons. The molecule has 1 unspecified atom stereocenters. The average Bonchev–Trinajstić information content (AvgIpc) is 3.44. The maximum atomic E-state index is 13.2. The monoisotopic (exact) mass is 478 g/mol. The highest BCUT2D eigenvalue weighted by molar-refractivity contribution is 8.00. The number of ether oxygens (including phenoxy) is 1. The summed E-state index contributed by atoms with van der Waals surface area (Å²) in [4.78, 5) is 51.8. The van der Waals surface area contributed by atoms with E-state index >= 15 is 0 Å². The highest BCUT2D eigenvalue weighted by Gasteiger charge is 2.54. The predicted octanol–water partition coefficient (Wildman–Crippen LogP) is 2.24. The summed E-state index contributed by atoms with van der Waals surface area (Å²) in [7, 11) is 0. The molecule has 2 amide bonds. The first-order chi connectivity index (χ1) is 14.9. The van der Waals surface area contributed by atoms with Crippen molar-refractivity contribution in [2.45, 2.75) is 24.3 Å². The molecule has 4 heterocycles. The minimum Gasteiger partial charge on any atom is -0.477 e. The van der Waals surface area contributed by atoms with Crippen molar-refractivity contribution >= 4 is 58.2 Å². The van der Waals surface area contributed by atoms with Gasteiger partial charge in [0.15, 0.2) is 0 Å². The number of hydrogen-bond acceptors (Lipinski definition) is 8. The molecule has 1 saturated heterocycles. The molecule has 1 fully saturated rings. The summed E-state index contributed by atoms with van der Waals surface area (Å²) in [5, 5.41) is 15.7. The largest absolute Gasteiger partial charge is 0.477 e. The summed E-state index contributed by atoms with van der Waals surface area (Å²) in [6.07, 6.45) is 0. The lowest BCUT2D eigenvalue weighted by Crippen LogP contribution is -2.71. The molecular formula is C20H18N2O6S3. The van der Waals surface area contributed by atoms with Crippen molar-refractivity contribution in [3.63, 3.8) is 0 Å². The van der Waals surface area contributed by atoms with Gasteiger partial charge in [0.1, 0.15) is 29.6 Å². The third-order valence-corrected chi connectivity index (χ3v) is 8.13. The second kappa shape index (κ2) is 8.85. The van der Waals surface area contributed by atoms with Crippen LogP contribution in [0.25, 0.3) is 0 Å². The van der Waals surface area contributed by atoms with Gasteiger partial charge >= 0.3 is 11.9 Å². The molecule has 2 aromatic rings. The highest BCUT2D eigenvalue weighted by Crippen LogP contribution is 2.41. The molecule has 2 aromatic heterocycles. The normalized spacial score (nSPS) is 20.3. The van der Waals surface area contributed by atoms with Crippen molar-refractivity contribution in [1.82, 2.24) is 10.2 Å². The molecular weight excluding hydrogens is 460 g/mol. The zero-order valence-electron chi connectivity index (χ0n) is 16.3. The number of nitrogens with one attached hydrogen (secondary N) is 1. The van der Waals surface area contributed by atoms with Crippen LogP contribution in [0.1, 0.15) is 22.6 Å². The molecule has 0 aliphatic carbocycles. The van der Waals surface area contributed by atoms with Crippen LogP contribution in [0.2, 0.25) is 0 Å². The first-order valence-electron chi connectivity index (χ1n) is 9.29. The Hall–Kier alpha value is -2.63. The maximum absolute atomic E-state index is 13.2. The summed E-state index contributed by atoms with van der Waals surface area (Å²) in [5.74, 6) is -2.81. The van der Waals surface area contributed by atoms with E-state index in [0.717, 1.165) is 9.75 Å². The molecule has 8 nitrogen and oxygen atoms in total. The summed E-state index contributed by atoms with van der Waals surface area (Å²) >= 11 is 4.27. The zero-order valence-corrected chi connectivity index (χ0v) is 18.7. The summed E-state index contributed by atoms with van der Waals surface area (Å²) in [6.45, 7) is 1.05. The van der Waals surface area contributed by atoms with Gasteiger partial charge in [0.25, 0.3) is 5.91 Å². The van der Waals surface area contributed by atoms with Gasteiger partial charge in [-0.3, -0.25) is 19.3 Å². The van der Waals surface area contributed by atoms with Gasteiger partial charge in [0, 0.05) is 28.0 Å². The van der Waals surface area contributed by atoms with Crippen LogP contribution >= 0.6 is 34.4 Å². The summed E-state index contributed by atoms with van der Waals surface area (Å²) < 4.78 is 4.93. The van der Waals surface area contributed by atoms with Gasteiger partial charge in [-0.25, -0.2) is 4.79 Å². The lowest BCUT2D eigenvalue weighted by atomic mass is 10.00. The van der Waals surface area contributed by atoms with Crippen LogP contribution in [0.15, 0.2) is 46.3 Å². The molecule has 2 aliphatic rings. The van der Waals surface area contributed by atoms with Crippen LogP contribution in [-0.2, 0) is 23.9 Å². The molecule has 0 spiro atoms. The number of thiophene rings is 2. The Balaban J connectivity index is 1.53. The standard InChI is InChI=1S/C20H18N2O6S3/c1-10(23)28-8-11-9-31-19-15(18(25)22(19)16(11)20(26)27)21-17(24)14(12-4-2-6-29-12)13-5-3-7-30-13/h2-7,14-15,19H,8-9H2,1H3,(H,21,24)(H,26,27)/t15?,19-/m0/s1. The summed E-state index contributed by atoms with van der Waals surface area (Å²) in [6, 6.07) is 6.69. The fourth-order valence-electron chi connectivity index (χ4n) is 3.53. The van der Waals surface area contributed by atoms with Crippen LogP contribution < -0.4 is 5.32 Å². The lowest BCUT2D eigenvalue weighted by Gasteiger charge is -2.49. The van der Waals surface area contributed by atoms with Gasteiger partial charge in [0.05, 0.1) is 0 Å². The third-order valence-electron chi connectivity index (χ3n) is 4.91. The number of esters is 1. The van der Waals surface area contributed by atoms with Gasteiger partial charge in [-0.15, -0.1) is 34.4 Å². The van der Waals surface area contributed by atoms with Gasteiger partial charge in [-0.05, 0) is 22.9 Å². The van der Waals surface area contributed by atoms with E-state index < -0.39 is 35.2 Å². The SMILES string of the molecule is CC(=O)OCC1=C(C(=O)O)N2C(=O)C(NC(=O)C(c3cccs3)c3cccs3)[C@@H]2SC1. The Kier molecular flexibility index (Phi) is 6.17. The first-order valence-corrected chi connectivity index (χ1v) is 12.1. The predicted molar refractivity (Wildman–Crippen MR) is 117 cm³/mol. The Morgan fingerprint density at radius 3 is 2.39 bits per heavy atom. The fraction of sp³-hybridized carbons (Fsp3) is 0.300. The van der Waals surface area contributed by atoms with Crippen LogP contribution in [0.3, 0.4) is 0 Å². The van der Waals surface area contributed by atoms with Crippen molar-refractivity contribution < 1.29 is 29.0 Å². The van der Waals surface area contributed by atoms with Crippen molar-refractivity contribution in [2.75, 3.05) is 12.4 Å². The minimum absolute atomic E-state index is 0.173. The number of amides is 2. The number of hydrogen-bond donors (Lipinski definition) is 2. The number of carboxylic acids is 1. The number of rotatable bonds is 7. The first kappa shape index (κ1) is 21.6. The molecule has 4 rings (SSSR count). The molecule has 0 bridgehead atoms. The maximum Gasteiger partial charge on any atom is 0.352 e. The number of β-lactam (4-membered cyclic amide) rings is 1. The van der Waals surface area contributed by atoms with E-state index in [1.54, 1.807) is 0 Å². The van der Waals surface area contributed by atoms with E-state index in [-0.39, 0.29) is 24.0 Å². The number of fused-ring (bicyclic) bond motifs is 1. The number of aliphatic carboxylic acids is 1. The van der Waals surface area contributed by atoms with Crippen LogP contribution in [0, 0.1) is 0 Å². The van der Waals surface area contributed by atoms with E-state index in [1.807, 2.05) is 35.0 Å². The Morgan fingerprint density at radius 2 is 1.87 bits per heavy atom. The molecule has 2 aliphatic heterocycles. The van der Waals surface area contributed by atoms with E-state index in [2.05, 4.69) is 5.32 Å². The molecule has 162 valence electrons. The number of carbonyl (C=O) groups is 4. The fourth-order valence-corrected chi connectivity index (χ4v) is 6.61. The van der Waals surface area contributed by atoms with Crippen molar-refractivity contribution in [3.8, 4) is 0 Å². The molecule has 11 heteroatoms. The lowest BCUT2D eigenvalue weighted by molar-refractivity contribution is -0.151. The number of carboxylic acid groups (broad SMARTS) is 1. The quantitative estimate of drug-likeness (QED) is 0.464. The number of nitrogens with zero attached hydrogens (tertiary/aromatic N) is 1. The topological polar surface area (TPSA) is 113 Å². The van der Waals surface area contributed by atoms with E-state index in [9.17, 15) is 24.3 Å². The molecule has 2 atom stereocenters. The van der Waals surface area contributed by atoms with Crippen molar-refractivity contribution in [1.29, 1.82) is 0 Å². The van der Waals surface area contributed by atoms with Crippen molar-refractivity contribution in [2.24, 2.45) is 0 Å². The van der Waals surface area contributed by atoms with E-state index in [0.29, 0.717) is 5.57 Å². The zero-order chi connectivity index (χ0) is 22.1. The van der Waals surface area contributed by atoms with Gasteiger partial charge in [-0.1, -0.05) is 12.1 Å². The van der Waals surface area contributed by atoms with Crippen LogP contribution in [0.5, 0.6) is 0 Å². The Labute approximate surface area is 189 Å². The van der Waals surface area contributed by atoms with Crippen LogP contribution in [-0.4, -0.2) is 57.5 Å². The van der Waals surface area contributed by atoms with E-state index in [4.69, 9.17) is 4.74 Å². The summed E-state index contributed by atoms with van der Waals surface area (Å²) in [5.41, 5.74) is 0.186. The molecule has 2 N–H and O–H groups in total. The Morgan fingerprint density at radius 1 is 1.23 bits per heavy atom. The second-order valence-corrected chi connectivity index (χ2v) is 9.96. The number of carbonyl (C=O) groups excluding carboxylic acids is 3. The van der Waals surface area contributed by atoms with E-state index in [1.165, 1.54) is 46.3 Å². The van der Waals surface area contributed by atoms with Crippen LogP contribution in [0.4, 0.5) is 0 Å².